The molecule has 0 bridgehead atoms. The molecule has 0 spiro atoms. The normalized spacial score (nSPS) is 13.5. The second kappa shape index (κ2) is 10.5. The minimum Gasteiger partial charge on any atom is -0.497 e. The van der Waals surface area contributed by atoms with Crippen LogP contribution >= 0.6 is 0 Å². The lowest BCUT2D eigenvalue weighted by Crippen LogP contribution is -2.50. The van der Waals surface area contributed by atoms with Crippen molar-refractivity contribution in [2.45, 2.75) is 45.7 Å². The Kier molecular flexibility index (Phi) is 8.29. The van der Waals surface area contributed by atoms with Crippen LogP contribution in [0.4, 0.5) is 5.69 Å². The number of amides is 1. The first-order chi connectivity index (χ1) is 14.2. The van der Waals surface area contributed by atoms with E-state index in [0.29, 0.717) is 23.8 Å². The van der Waals surface area contributed by atoms with E-state index in [9.17, 15) is 13.2 Å². The van der Waals surface area contributed by atoms with Crippen molar-refractivity contribution in [2.24, 2.45) is 5.92 Å². The number of hydrogen-bond donors (Lipinski definition) is 1. The van der Waals surface area contributed by atoms with E-state index in [1.54, 1.807) is 31.4 Å². The van der Waals surface area contributed by atoms with Crippen LogP contribution in [0.1, 0.15) is 45.2 Å². The summed E-state index contributed by atoms with van der Waals surface area (Å²) in [6.45, 7) is 6.01. The summed E-state index contributed by atoms with van der Waals surface area (Å²) in [5.41, 5.74) is 1.44. The van der Waals surface area contributed by atoms with E-state index in [1.807, 2.05) is 37.3 Å². The number of anilines is 1. The van der Waals surface area contributed by atoms with Gasteiger partial charge in [-0.2, -0.15) is 0 Å². The third-order valence-corrected chi connectivity index (χ3v) is 6.06. The van der Waals surface area contributed by atoms with Gasteiger partial charge in [0.1, 0.15) is 11.8 Å². The third-order valence-electron chi connectivity index (χ3n) is 4.88. The van der Waals surface area contributed by atoms with Gasteiger partial charge in [0.25, 0.3) is 0 Å². The summed E-state index contributed by atoms with van der Waals surface area (Å²) in [7, 11) is -2.14. The molecule has 1 amide bonds. The quantitative estimate of drug-likeness (QED) is 0.612. The molecule has 0 aliphatic carbocycles. The fourth-order valence-corrected chi connectivity index (χ4v) is 4.70. The highest BCUT2D eigenvalue weighted by atomic mass is 32.2. The maximum absolute atomic E-state index is 13.3. The Balaban J connectivity index is 2.35. The van der Waals surface area contributed by atoms with Crippen LogP contribution in [0.2, 0.25) is 0 Å². The number of nitrogens with one attached hydrogen (secondary N) is 1. The van der Waals surface area contributed by atoms with Crippen LogP contribution in [0.25, 0.3) is 0 Å². The molecule has 0 aliphatic rings. The standard InChI is InChI=1S/C23H32N2O4S/c1-6-22(25(30(5,27)28)19-12-14-20(29-4)15-13-19)23(26)24-21(16-17(2)3)18-10-8-7-9-11-18/h7-15,17,21-22H,6,16H2,1-5H3,(H,24,26). The topological polar surface area (TPSA) is 75.7 Å². The number of hydrogen-bond acceptors (Lipinski definition) is 4. The summed E-state index contributed by atoms with van der Waals surface area (Å²) in [5.74, 6) is 0.669. The molecule has 2 aromatic carbocycles. The molecule has 0 radical (unpaired) electrons. The Bertz CT molecular complexity index is 912. The van der Waals surface area contributed by atoms with Crippen LogP contribution in [0, 0.1) is 5.92 Å². The van der Waals surface area contributed by atoms with Gasteiger partial charge in [-0.05, 0) is 48.6 Å². The van der Waals surface area contributed by atoms with E-state index in [-0.39, 0.29) is 11.9 Å². The summed E-state index contributed by atoms with van der Waals surface area (Å²) in [6, 6.07) is 15.4. The highest BCUT2D eigenvalue weighted by Gasteiger charge is 2.32. The first-order valence-corrected chi connectivity index (χ1v) is 12.0. The fraction of sp³-hybridized carbons (Fsp3) is 0.435. The van der Waals surface area contributed by atoms with Crippen LogP contribution in [0.3, 0.4) is 0 Å². The summed E-state index contributed by atoms with van der Waals surface area (Å²) in [4.78, 5) is 13.3. The Labute approximate surface area is 180 Å². The second-order valence-electron chi connectivity index (χ2n) is 7.78. The predicted octanol–water partition coefficient (Wildman–Crippen LogP) is 4.14. The second-order valence-corrected chi connectivity index (χ2v) is 9.64. The molecule has 2 rings (SSSR count). The Hall–Kier alpha value is -2.54. The average molecular weight is 433 g/mol. The van der Waals surface area contributed by atoms with E-state index in [0.717, 1.165) is 18.2 Å². The van der Waals surface area contributed by atoms with Gasteiger partial charge < -0.3 is 10.1 Å². The number of nitrogens with zero attached hydrogens (tertiary/aromatic N) is 1. The Morgan fingerprint density at radius 1 is 1.07 bits per heavy atom. The smallest absolute Gasteiger partial charge is 0.244 e. The van der Waals surface area contributed by atoms with E-state index in [4.69, 9.17) is 4.74 Å². The molecule has 0 aliphatic heterocycles. The average Bonchev–Trinajstić information content (AvgIpc) is 2.71. The molecule has 1 N–H and O–H groups in total. The first kappa shape index (κ1) is 23.7. The number of carbonyl (C=O) groups excluding carboxylic acids is 1. The van der Waals surface area contributed by atoms with E-state index < -0.39 is 16.1 Å². The van der Waals surface area contributed by atoms with Crippen molar-refractivity contribution in [2.75, 3.05) is 17.7 Å². The van der Waals surface area contributed by atoms with Gasteiger partial charge in [-0.3, -0.25) is 9.10 Å². The van der Waals surface area contributed by atoms with Crippen molar-refractivity contribution in [1.29, 1.82) is 0 Å². The third kappa shape index (κ3) is 6.23. The molecule has 7 heteroatoms. The van der Waals surface area contributed by atoms with Crippen molar-refractivity contribution in [3.05, 3.63) is 60.2 Å². The number of rotatable bonds is 10. The molecule has 0 heterocycles. The molecule has 2 aromatic rings. The van der Waals surface area contributed by atoms with Gasteiger partial charge in [-0.1, -0.05) is 51.1 Å². The van der Waals surface area contributed by atoms with Crippen LogP contribution in [-0.4, -0.2) is 33.7 Å². The van der Waals surface area contributed by atoms with Gasteiger partial charge in [0, 0.05) is 0 Å². The molecule has 2 atom stereocenters. The minimum absolute atomic E-state index is 0.190. The lowest BCUT2D eigenvalue weighted by atomic mass is 9.96. The van der Waals surface area contributed by atoms with Gasteiger partial charge >= 0.3 is 0 Å². The van der Waals surface area contributed by atoms with Crippen molar-refractivity contribution < 1.29 is 17.9 Å². The first-order valence-electron chi connectivity index (χ1n) is 10.2. The van der Waals surface area contributed by atoms with E-state index >= 15 is 0 Å². The molecule has 0 aromatic heterocycles. The molecule has 164 valence electrons. The highest BCUT2D eigenvalue weighted by molar-refractivity contribution is 7.92. The number of benzene rings is 2. The van der Waals surface area contributed by atoms with Crippen molar-refractivity contribution in [3.63, 3.8) is 0 Å². The molecular weight excluding hydrogens is 400 g/mol. The summed E-state index contributed by atoms with van der Waals surface area (Å²) in [5, 5.41) is 3.09. The summed E-state index contributed by atoms with van der Waals surface area (Å²) >= 11 is 0. The van der Waals surface area contributed by atoms with Gasteiger partial charge in [-0.15, -0.1) is 0 Å². The number of sulfonamides is 1. The molecule has 6 nitrogen and oxygen atoms in total. The lowest BCUT2D eigenvalue weighted by molar-refractivity contribution is -0.123. The number of ether oxygens (including phenoxy) is 1. The van der Waals surface area contributed by atoms with Crippen LogP contribution in [-0.2, 0) is 14.8 Å². The molecular formula is C23H32N2O4S. The fourth-order valence-electron chi connectivity index (χ4n) is 3.49. The van der Waals surface area contributed by atoms with Crippen LogP contribution < -0.4 is 14.4 Å². The van der Waals surface area contributed by atoms with Gasteiger partial charge in [0.2, 0.25) is 15.9 Å². The number of carbonyl (C=O) groups is 1. The largest absolute Gasteiger partial charge is 0.497 e. The zero-order chi connectivity index (χ0) is 22.3. The van der Waals surface area contributed by atoms with Gasteiger partial charge in [-0.25, -0.2) is 8.42 Å². The van der Waals surface area contributed by atoms with Crippen LogP contribution in [0.15, 0.2) is 54.6 Å². The van der Waals surface area contributed by atoms with Crippen molar-refractivity contribution >= 4 is 21.6 Å². The van der Waals surface area contributed by atoms with Crippen LogP contribution in [0.5, 0.6) is 5.75 Å². The monoisotopic (exact) mass is 432 g/mol. The molecule has 2 unspecified atom stereocenters. The van der Waals surface area contributed by atoms with E-state index in [2.05, 4.69) is 19.2 Å². The van der Waals surface area contributed by atoms with Crippen molar-refractivity contribution in [1.82, 2.24) is 5.32 Å². The van der Waals surface area contributed by atoms with E-state index in [1.165, 1.54) is 4.31 Å². The number of methoxy groups -OCH3 is 1. The summed E-state index contributed by atoms with van der Waals surface area (Å²) in [6.07, 6.45) is 2.22. The molecule has 0 saturated heterocycles. The zero-order valence-electron chi connectivity index (χ0n) is 18.3. The van der Waals surface area contributed by atoms with Crippen molar-refractivity contribution in [3.8, 4) is 5.75 Å². The maximum Gasteiger partial charge on any atom is 0.244 e. The maximum atomic E-state index is 13.3. The zero-order valence-corrected chi connectivity index (χ0v) is 19.1. The van der Waals surface area contributed by atoms with Gasteiger partial charge in [0.05, 0.1) is 25.1 Å². The molecule has 30 heavy (non-hydrogen) atoms. The predicted molar refractivity (Wildman–Crippen MR) is 121 cm³/mol. The Morgan fingerprint density at radius 2 is 1.67 bits per heavy atom. The van der Waals surface area contributed by atoms with Gasteiger partial charge in [0.15, 0.2) is 0 Å². The highest BCUT2D eigenvalue weighted by Crippen LogP contribution is 2.27. The Morgan fingerprint density at radius 3 is 2.13 bits per heavy atom. The minimum atomic E-state index is -3.69. The SMILES string of the molecule is CCC(C(=O)NC(CC(C)C)c1ccccc1)N(c1ccc(OC)cc1)S(C)(=O)=O. The molecule has 0 saturated carbocycles. The lowest BCUT2D eigenvalue weighted by Gasteiger charge is -2.32. The summed E-state index contributed by atoms with van der Waals surface area (Å²) < 4.78 is 31.6. The molecule has 0 fully saturated rings.